The predicted octanol–water partition coefficient (Wildman–Crippen LogP) is 3.23. The zero-order valence-corrected chi connectivity index (χ0v) is 13.6. The van der Waals surface area contributed by atoms with Crippen molar-refractivity contribution in [2.24, 2.45) is 5.92 Å². The maximum absolute atomic E-state index is 3.66. The Morgan fingerprint density at radius 2 is 2.11 bits per heavy atom. The number of piperidine rings is 1. The highest BCUT2D eigenvalue weighted by atomic mass is 32.2. The molecule has 0 aliphatic carbocycles. The summed E-state index contributed by atoms with van der Waals surface area (Å²) in [6, 6.07) is 0. The lowest BCUT2D eigenvalue weighted by molar-refractivity contribution is 0.167. The van der Waals surface area contributed by atoms with Crippen molar-refractivity contribution >= 4 is 11.8 Å². The molecule has 0 aromatic heterocycles. The standard InChI is InChI=1S/C15H32N2S/c1-5-18-11-7-10-17-9-6-8-14(13-17)12-16-15(2,3)4/h14,16H,5-13H2,1-4H3. The summed E-state index contributed by atoms with van der Waals surface area (Å²) in [7, 11) is 0. The number of rotatable bonds is 7. The topological polar surface area (TPSA) is 15.3 Å². The van der Waals surface area contributed by atoms with Crippen LogP contribution in [0.5, 0.6) is 0 Å². The number of likely N-dealkylation sites (tertiary alicyclic amines) is 1. The highest BCUT2D eigenvalue weighted by Crippen LogP contribution is 2.17. The first-order chi connectivity index (χ1) is 8.51. The number of hydrogen-bond acceptors (Lipinski definition) is 3. The zero-order valence-electron chi connectivity index (χ0n) is 12.8. The average Bonchev–Trinajstić information content (AvgIpc) is 2.32. The van der Waals surface area contributed by atoms with Crippen molar-refractivity contribution in [3.05, 3.63) is 0 Å². The molecular weight excluding hydrogens is 240 g/mol. The molecule has 2 nitrogen and oxygen atoms in total. The summed E-state index contributed by atoms with van der Waals surface area (Å²) < 4.78 is 0. The van der Waals surface area contributed by atoms with Crippen LogP contribution in [0.1, 0.15) is 47.0 Å². The summed E-state index contributed by atoms with van der Waals surface area (Å²) in [5.41, 5.74) is 0.264. The Hall–Kier alpha value is 0.270. The summed E-state index contributed by atoms with van der Waals surface area (Å²) in [6.45, 7) is 14.1. The second-order valence-corrected chi connectivity index (χ2v) is 7.88. The van der Waals surface area contributed by atoms with Gasteiger partial charge in [-0.15, -0.1) is 0 Å². The Balaban J connectivity index is 2.15. The first kappa shape index (κ1) is 16.3. The van der Waals surface area contributed by atoms with E-state index in [1.54, 1.807) is 0 Å². The van der Waals surface area contributed by atoms with Gasteiger partial charge in [0.25, 0.3) is 0 Å². The third-order valence-corrected chi connectivity index (χ3v) is 4.48. The average molecular weight is 273 g/mol. The largest absolute Gasteiger partial charge is 0.312 e. The van der Waals surface area contributed by atoms with E-state index in [1.165, 1.54) is 56.9 Å². The summed E-state index contributed by atoms with van der Waals surface area (Å²) in [6.07, 6.45) is 4.15. The number of hydrogen-bond donors (Lipinski definition) is 1. The van der Waals surface area contributed by atoms with Gasteiger partial charge in [0, 0.05) is 12.1 Å². The molecule has 1 N–H and O–H groups in total. The lowest BCUT2D eigenvalue weighted by Crippen LogP contribution is -2.44. The van der Waals surface area contributed by atoms with E-state index in [-0.39, 0.29) is 5.54 Å². The molecule has 1 unspecified atom stereocenters. The monoisotopic (exact) mass is 272 g/mol. The van der Waals surface area contributed by atoms with Crippen LogP contribution < -0.4 is 5.32 Å². The van der Waals surface area contributed by atoms with Gasteiger partial charge in [0.05, 0.1) is 0 Å². The van der Waals surface area contributed by atoms with Gasteiger partial charge >= 0.3 is 0 Å². The fourth-order valence-corrected chi connectivity index (χ4v) is 3.13. The van der Waals surface area contributed by atoms with Crippen LogP contribution in [0.25, 0.3) is 0 Å². The number of thioether (sulfide) groups is 1. The van der Waals surface area contributed by atoms with Gasteiger partial charge in [0.15, 0.2) is 0 Å². The van der Waals surface area contributed by atoms with Crippen LogP contribution in [0.15, 0.2) is 0 Å². The van der Waals surface area contributed by atoms with E-state index < -0.39 is 0 Å². The lowest BCUT2D eigenvalue weighted by Gasteiger charge is -2.34. The zero-order chi connectivity index (χ0) is 13.4. The van der Waals surface area contributed by atoms with Crippen LogP contribution in [0, 0.1) is 5.92 Å². The van der Waals surface area contributed by atoms with Crippen molar-refractivity contribution in [2.75, 3.05) is 37.7 Å². The fourth-order valence-electron chi connectivity index (χ4n) is 2.51. The number of nitrogens with one attached hydrogen (secondary N) is 1. The molecule has 1 saturated heterocycles. The van der Waals surface area contributed by atoms with Crippen LogP contribution >= 0.6 is 11.8 Å². The van der Waals surface area contributed by atoms with Gasteiger partial charge in [0.1, 0.15) is 0 Å². The Kier molecular flexibility index (Phi) is 7.66. The molecule has 0 bridgehead atoms. The van der Waals surface area contributed by atoms with Gasteiger partial charge in [-0.25, -0.2) is 0 Å². The first-order valence-corrected chi connectivity index (χ1v) is 8.72. The van der Waals surface area contributed by atoms with Crippen LogP contribution in [0.2, 0.25) is 0 Å². The van der Waals surface area contributed by atoms with Gasteiger partial charge in [0.2, 0.25) is 0 Å². The van der Waals surface area contributed by atoms with Crippen LogP contribution in [-0.4, -0.2) is 48.1 Å². The van der Waals surface area contributed by atoms with E-state index in [4.69, 9.17) is 0 Å². The molecule has 1 aliphatic rings. The van der Waals surface area contributed by atoms with Crippen LogP contribution in [0.3, 0.4) is 0 Å². The van der Waals surface area contributed by atoms with Crippen molar-refractivity contribution in [3.8, 4) is 0 Å². The molecule has 108 valence electrons. The summed E-state index contributed by atoms with van der Waals surface area (Å²) in [4.78, 5) is 2.68. The fraction of sp³-hybridized carbons (Fsp3) is 1.00. The van der Waals surface area contributed by atoms with E-state index in [0.29, 0.717) is 0 Å². The van der Waals surface area contributed by atoms with Crippen molar-refractivity contribution in [1.82, 2.24) is 10.2 Å². The van der Waals surface area contributed by atoms with E-state index in [1.807, 2.05) is 0 Å². The minimum Gasteiger partial charge on any atom is -0.312 e. The highest BCUT2D eigenvalue weighted by molar-refractivity contribution is 7.99. The smallest absolute Gasteiger partial charge is 0.00966 e. The summed E-state index contributed by atoms with van der Waals surface area (Å²) in [5, 5.41) is 3.66. The summed E-state index contributed by atoms with van der Waals surface area (Å²) in [5.74, 6) is 3.45. The predicted molar refractivity (Wildman–Crippen MR) is 84.5 cm³/mol. The molecule has 1 aliphatic heterocycles. The lowest BCUT2D eigenvalue weighted by atomic mass is 9.96. The molecule has 1 heterocycles. The van der Waals surface area contributed by atoms with Gasteiger partial charge in [-0.1, -0.05) is 6.92 Å². The van der Waals surface area contributed by atoms with E-state index in [9.17, 15) is 0 Å². The quantitative estimate of drug-likeness (QED) is 0.716. The van der Waals surface area contributed by atoms with Crippen LogP contribution in [-0.2, 0) is 0 Å². The van der Waals surface area contributed by atoms with E-state index >= 15 is 0 Å². The molecule has 1 rings (SSSR count). The van der Waals surface area contributed by atoms with Crippen molar-refractivity contribution < 1.29 is 0 Å². The Labute approximate surface area is 118 Å². The normalized spacial score (nSPS) is 22.3. The minimum atomic E-state index is 0.264. The van der Waals surface area contributed by atoms with Crippen molar-refractivity contribution in [1.29, 1.82) is 0 Å². The second kappa shape index (κ2) is 8.44. The molecule has 0 aromatic rings. The van der Waals surface area contributed by atoms with Gasteiger partial charge in [-0.05, 0) is 77.1 Å². The van der Waals surface area contributed by atoms with Gasteiger partial charge in [-0.3, -0.25) is 0 Å². The van der Waals surface area contributed by atoms with E-state index in [0.717, 1.165) is 5.92 Å². The second-order valence-electron chi connectivity index (χ2n) is 6.49. The third-order valence-electron chi connectivity index (χ3n) is 3.49. The summed E-state index contributed by atoms with van der Waals surface area (Å²) >= 11 is 2.07. The first-order valence-electron chi connectivity index (χ1n) is 7.56. The minimum absolute atomic E-state index is 0.264. The van der Waals surface area contributed by atoms with Crippen molar-refractivity contribution in [3.63, 3.8) is 0 Å². The molecular formula is C15H32N2S. The Morgan fingerprint density at radius 3 is 2.78 bits per heavy atom. The molecule has 0 radical (unpaired) electrons. The molecule has 1 atom stereocenters. The maximum Gasteiger partial charge on any atom is 0.00966 e. The molecule has 0 saturated carbocycles. The number of nitrogens with zero attached hydrogens (tertiary/aromatic N) is 1. The third kappa shape index (κ3) is 7.65. The molecule has 0 spiro atoms. The molecule has 18 heavy (non-hydrogen) atoms. The van der Waals surface area contributed by atoms with Gasteiger partial charge < -0.3 is 10.2 Å². The van der Waals surface area contributed by atoms with E-state index in [2.05, 4.69) is 49.7 Å². The molecule has 0 amide bonds. The highest BCUT2D eigenvalue weighted by Gasteiger charge is 2.20. The Morgan fingerprint density at radius 1 is 1.33 bits per heavy atom. The van der Waals surface area contributed by atoms with Crippen LogP contribution in [0.4, 0.5) is 0 Å². The van der Waals surface area contributed by atoms with Gasteiger partial charge in [-0.2, -0.15) is 11.8 Å². The SMILES string of the molecule is CCSCCCN1CCCC(CNC(C)(C)C)C1. The molecule has 1 fully saturated rings. The van der Waals surface area contributed by atoms with Crippen molar-refractivity contribution in [2.45, 2.75) is 52.5 Å². The maximum atomic E-state index is 3.66. The Bertz CT molecular complexity index is 213. The molecule has 3 heteroatoms. The molecule has 0 aromatic carbocycles.